The summed E-state index contributed by atoms with van der Waals surface area (Å²) in [5, 5.41) is 17.0. The first-order valence-corrected chi connectivity index (χ1v) is 8.31. The molecule has 3 rings (SSSR count). The van der Waals surface area contributed by atoms with Crippen molar-refractivity contribution in [2.75, 3.05) is 0 Å². The topological polar surface area (TPSA) is 61.8 Å². The van der Waals surface area contributed by atoms with Gasteiger partial charge >= 0.3 is 0 Å². The molecule has 25 heavy (non-hydrogen) atoms. The van der Waals surface area contributed by atoms with Gasteiger partial charge in [-0.3, -0.25) is 5.10 Å². The second-order valence-electron chi connectivity index (χ2n) is 6.48. The Morgan fingerprint density at radius 3 is 2.60 bits per heavy atom. The van der Waals surface area contributed by atoms with E-state index < -0.39 is 5.60 Å². The molecule has 0 bridgehead atoms. The molecule has 0 amide bonds. The number of benzene rings is 2. The predicted octanol–water partition coefficient (Wildman–Crippen LogP) is 3.38. The third kappa shape index (κ3) is 5.03. The number of aliphatic hydroxyl groups is 1. The number of aromatic amines is 1. The van der Waals surface area contributed by atoms with E-state index in [1.54, 1.807) is 13.8 Å². The molecule has 0 aliphatic heterocycles. The van der Waals surface area contributed by atoms with Gasteiger partial charge in [-0.15, -0.1) is 0 Å². The summed E-state index contributed by atoms with van der Waals surface area (Å²) in [6, 6.07) is 18.0. The number of rotatable bonds is 4. The van der Waals surface area contributed by atoms with Crippen molar-refractivity contribution in [3.63, 3.8) is 0 Å². The Morgan fingerprint density at radius 2 is 1.84 bits per heavy atom. The number of nitrogens with zero attached hydrogens (tertiary/aromatic N) is 2. The van der Waals surface area contributed by atoms with Crippen LogP contribution in [0.4, 0.5) is 0 Å². The Balaban J connectivity index is 1.72. The van der Waals surface area contributed by atoms with E-state index in [0.29, 0.717) is 5.82 Å². The van der Waals surface area contributed by atoms with E-state index in [1.165, 1.54) is 5.56 Å². The average molecular weight is 331 g/mol. The van der Waals surface area contributed by atoms with Gasteiger partial charge in [-0.1, -0.05) is 54.3 Å². The van der Waals surface area contributed by atoms with E-state index >= 15 is 0 Å². The molecule has 0 spiro atoms. The maximum absolute atomic E-state index is 9.72. The quantitative estimate of drug-likeness (QED) is 0.721. The van der Waals surface area contributed by atoms with Crippen LogP contribution in [0.1, 0.15) is 30.8 Å². The Labute approximate surface area is 148 Å². The monoisotopic (exact) mass is 331 g/mol. The number of aromatic nitrogens is 3. The summed E-state index contributed by atoms with van der Waals surface area (Å²) >= 11 is 0. The minimum Gasteiger partial charge on any atom is -0.378 e. The van der Waals surface area contributed by atoms with Crippen LogP contribution in [-0.4, -0.2) is 25.9 Å². The zero-order valence-electron chi connectivity index (χ0n) is 14.5. The molecular weight excluding hydrogens is 310 g/mol. The molecule has 0 fully saturated rings. The summed E-state index contributed by atoms with van der Waals surface area (Å²) in [6.07, 6.45) is 1.74. The van der Waals surface area contributed by atoms with Gasteiger partial charge in [0.15, 0.2) is 5.82 Å². The number of hydrogen-bond acceptors (Lipinski definition) is 3. The maximum atomic E-state index is 9.72. The van der Waals surface area contributed by atoms with Crippen molar-refractivity contribution in [1.29, 1.82) is 0 Å². The van der Waals surface area contributed by atoms with Crippen LogP contribution >= 0.6 is 0 Å². The third-order valence-electron chi connectivity index (χ3n) is 3.66. The van der Waals surface area contributed by atoms with E-state index in [0.717, 1.165) is 29.8 Å². The standard InChI is InChI=1S/C21H21N3O/c1-21(2,25)14-13-17-9-6-10-18(15-17)20-22-19(23-24-20)12-11-16-7-4-3-5-8-16/h3-10,15,25H,11-12H2,1-2H3,(H,22,23,24). The Bertz CT molecular complexity index is 896. The molecule has 0 saturated heterocycles. The molecule has 1 aromatic heterocycles. The molecule has 0 radical (unpaired) electrons. The molecule has 1 heterocycles. The fourth-order valence-electron chi connectivity index (χ4n) is 2.40. The molecule has 3 aromatic rings. The van der Waals surface area contributed by atoms with Crippen LogP contribution in [0.15, 0.2) is 54.6 Å². The molecular formula is C21H21N3O. The highest BCUT2D eigenvalue weighted by atomic mass is 16.3. The first kappa shape index (κ1) is 16.9. The van der Waals surface area contributed by atoms with Crippen molar-refractivity contribution in [3.05, 3.63) is 71.5 Å². The van der Waals surface area contributed by atoms with Crippen LogP contribution in [0, 0.1) is 11.8 Å². The van der Waals surface area contributed by atoms with Gasteiger partial charge < -0.3 is 5.11 Å². The Kier molecular flexibility index (Phi) is 4.97. The summed E-state index contributed by atoms with van der Waals surface area (Å²) < 4.78 is 0. The van der Waals surface area contributed by atoms with Gasteiger partial charge in [-0.05, 0) is 38.0 Å². The van der Waals surface area contributed by atoms with Gasteiger partial charge in [0.1, 0.15) is 11.4 Å². The van der Waals surface area contributed by atoms with Crippen LogP contribution in [0.2, 0.25) is 0 Å². The van der Waals surface area contributed by atoms with Crippen LogP contribution in [-0.2, 0) is 12.8 Å². The minimum absolute atomic E-state index is 0.662. The zero-order chi connectivity index (χ0) is 17.7. The summed E-state index contributed by atoms with van der Waals surface area (Å²) in [4.78, 5) is 4.58. The second-order valence-corrected chi connectivity index (χ2v) is 6.48. The van der Waals surface area contributed by atoms with Crippen molar-refractivity contribution in [3.8, 4) is 23.2 Å². The first-order valence-electron chi connectivity index (χ1n) is 8.31. The van der Waals surface area contributed by atoms with Crippen molar-refractivity contribution in [1.82, 2.24) is 15.2 Å². The first-order chi connectivity index (χ1) is 12.0. The van der Waals surface area contributed by atoms with Crippen molar-refractivity contribution >= 4 is 0 Å². The lowest BCUT2D eigenvalue weighted by molar-refractivity contribution is 0.143. The Morgan fingerprint density at radius 1 is 1.04 bits per heavy atom. The molecule has 0 aliphatic rings. The number of H-pyrrole nitrogens is 1. The highest BCUT2D eigenvalue weighted by Crippen LogP contribution is 2.17. The average Bonchev–Trinajstić information content (AvgIpc) is 3.08. The molecule has 0 unspecified atom stereocenters. The van der Waals surface area contributed by atoms with Crippen LogP contribution < -0.4 is 0 Å². The zero-order valence-corrected chi connectivity index (χ0v) is 14.5. The summed E-state index contributed by atoms with van der Waals surface area (Å²) in [5.74, 6) is 7.33. The van der Waals surface area contributed by atoms with Crippen LogP contribution in [0.5, 0.6) is 0 Å². The highest BCUT2D eigenvalue weighted by molar-refractivity contribution is 5.58. The molecule has 2 aromatic carbocycles. The molecule has 0 aliphatic carbocycles. The molecule has 126 valence electrons. The smallest absolute Gasteiger partial charge is 0.181 e. The van der Waals surface area contributed by atoms with Crippen molar-refractivity contribution < 1.29 is 5.11 Å². The van der Waals surface area contributed by atoms with E-state index in [2.05, 4.69) is 39.2 Å². The lowest BCUT2D eigenvalue weighted by Gasteiger charge is -2.06. The Hall–Kier alpha value is -2.90. The lowest BCUT2D eigenvalue weighted by Crippen LogP contribution is -2.14. The summed E-state index contributed by atoms with van der Waals surface area (Å²) in [5.41, 5.74) is 2.01. The van der Waals surface area contributed by atoms with Gasteiger partial charge in [0.25, 0.3) is 0 Å². The highest BCUT2D eigenvalue weighted by Gasteiger charge is 2.08. The third-order valence-corrected chi connectivity index (χ3v) is 3.66. The molecule has 0 atom stereocenters. The number of hydrogen-bond donors (Lipinski definition) is 2. The van der Waals surface area contributed by atoms with Gasteiger partial charge in [0.05, 0.1) is 0 Å². The lowest BCUT2D eigenvalue weighted by atomic mass is 10.1. The van der Waals surface area contributed by atoms with Crippen molar-refractivity contribution in [2.45, 2.75) is 32.3 Å². The minimum atomic E-state index is -1.01. The molecule has 2 N–H and O–H groups in total. The summed E-state index contributed by atoms with van der Waals surface area (Å²) in [7, 11) is 0. The molecule has 4 nitrogen and oxygen atoms in total. The fourth-order valence-corrected chi connectivity index (χ4v) is 2.40. The SMILES string of the molecule is CC(C)(O)C#Cc1cccc(-c2n[nH]c(CCc3ccccc3)n2)c1. The van der Waals surface area contributed by atoms with E-state index in [-0.39, 0.29) is 0 Å². The van der Waals surface area contributed by atoms with Gasteiger partial charge in [-0.25, -0.2) is 4.98 Å². The second kappa shape index (κ2) is 7.33. The van der Waals surface area contributed by atoms with E-state index in [4.69, 9.17) is 0 Å². The van der Waals surface area contributed by atoms with E-state index in [1.807, 2.05) is 42.5 Å². The van der Waals surface area contributed by atoms with Gasteiger partial charge in [0, 0.05) is 17.5 Å². The number of nitrogens with one attached hydrogen (secondary N) is 1. The number of aryl methyl sites for hydroxylation is 2. The molecule has 0 saturated carbocycles. The normalized spacial score (nSPS) is 11.0. The van der Waals surface area contributed by atoms with Crippen molar-refractivity contribution in [2.24, 2.45) is 0 Å². The van der Waals surface area contributed by atoms with Crippen LogP contribution in [0.25, 0.3) is 11.4 Å². The molecule has 4 heteroatoms. The van der Waals surface area contributed by atoms with E-state index in [9.17, 15) is 5.11 Å². The largest absolute Gasteiger partial charge is 0.378 e. The summed E-state index contributed by atoms with van der Waals surface area (Å²) in [6.45, 7) is 3.33. The predicted molar refractivity (Wildman–Crippen MR) is 98.8 cm³/mol. The fraction of sp³-hybridized carbons (Fsp3) is 0.238. The maximum Gasteiger partial charge on any atom is 0.181 e. The van der Waals surface area contributed by atoms with Crippen LogP contribution in [0.3, 0.4) is 0 Å². The van der Waals surface area contributed by atoms with Gasteiger partial charge in [0.2, 0.25) is 0 Å². The van der Waals surface area contributed by atoms with Gasteiger partial charge in [-0.2, -0.15) is 5.10 Å².